The number of nitrogens with one attached hydrogen (secondary N) is 2. The van der Waals surface area contributed by atoms with E-state index in [-0.39, 0.29) is 17.4 Å². The number of carbonyl (C=O) groups is 3. The molecule has 5 N–H and O–H groups in total. The van der Waals surface area contributed by atoms with Crippen molar-refractivity contribution in [3.8, 4) is 33.4 Å². The molecule has 12 rings (SSSR count). The molecule has 0 spiro atoms. The van der Waals surface area contributed by atoms with Crippen molar-refractivity contribution in [3.05, 3.63) is 233 Å². The molecule has 0 aliphatic heterocycles. The lowest BCUT2D eigenvalue weighted by molar-refractivity contribution is 0.0696. The van der Waals surface area contributed by atoms with E-state index in [1.54, 1.807) is 43.6 Å². The summed E-state index contributed by atoms with van der Waals surface area (Å²) in [6.45, 7) is 17.7. The molecule has 9 aromatic heterocycles. The number of aryl methyl sites for hydroxylation is 9. The molecular weight excluding hydrogens is 1100 g/mol. The Kier molecular flexibility index (Phi) is 19.6. The molecule has 19 heteroatoms. The van der Waals surface area contributed by atoms with Gasteiger partial charge in [-0.3, -0.25) is 24.5 Å². The van der Waals surface area contributed by atoms with Gasteiger partial charge in [0.25, 0.3) is 11.8 Å². The van der Waals surface area contributed by atoms with Gasteiger partial charge in [0.05, 0.1) is 5.56 Å². The first-order valence-electron chi connectivity index (χ1n) is 28.5. The Morgan fingerprint density at radius 3 is 1.08 bits per heavy atom. The van der Waals surface area contributed by atoms with Crippen LogP contribution in [0.3, 0.4) is 0 Å². The summed E-state index contributed by atoms with van der Waals surface area (Å²) in [7, 11) is 0. The van der Waals surface area contributed by atoms with Crippen LogP contribution in [0.1, 0.15) is 103 Å². The Bertz CT molecular complexity index is 4360. The zero-order chi connectivity index (χ0) is 62.4. The first-order valence-corrected chi connectivity index (χ1v) is 28.5. The third-order valence-corrected chi connectivity index (χ3v) is 14.0. The van der Waals surface area contributed by atoms with E-state index in [9.17, 15) is 14.4 Å². The second-order valence-corrected chi connectivity index (χ2v) is 20.7. The molecule has 0 saturated heterocycles. The van der Waals surface area contributed by atoms with Crippen molar-refractivity contribution in [2.45, 2.75) is 81.6 Å². The van der Waals surface area contributed by atoms with E-state index >= 15 is 0 Å². The van der Waals surface area contributed by atoms with Crippen LogP contribution in [-0.4, -0.2) is 82.7 Å². The number of hydrogen-bond acceptors (Lipinski definition) is 16. The number of pyridine rings is 6. The number of amides is 2. The smallest absolute Gasteiger partial charge is 0.335 e. The van der Waals surface area contributed by atoms with Crippen LogP contribution in [0.25, 0.3) is 66.5 Å². The predicted octanol–water partition coefficient (Wildman–Crippen LogP) is 13.3. The quantitative estimate of drug-likeness (QED) is 0.0876. The fourth-order valence-electron chi connectivity index (χ4n) is 9.26. The number of nitrogens with two attached hydrogens (primary N) is 1. The fourth-order valence-corrected chi connectivity index (χ4v) is 9.26. The van der Waals surface area contributed by atoms with Gasteiger partial charge >= 0.3 is 5.97 Å². The number of carboxylic acid groups (broad SMARTS) is 1. The van der Waals surface area contributed by atoms with Gasteiger partial charge in [0.1, 0.15) is 17.5 Å². The summed E-state index contributed by atoms with van der Waals surface area (Å²) >= 11 is 0. The minimum atomic E-state index is -0.912. The van der Waals surface area contributed by atoms with Crippen LogP contribution in [0.4, 0.5) is 17.1 Å². The first kappa shape index (κ1) is 61.4. The van der Waals surface area contributed by atoms with Gasteiger partial charge in [-0.15, -0.1) is 0 Å². The van der Waals surface area contributed by atoms with Crippen molar-refractivity contribution < 1.29 is 19.5 Å². The second kappa shape index (κ2) is 28.1. The molecule has 0 fully saturated rings. The van der Waals surface area contributed by atoms with E-state index in [1.165, 1.54) is 23.9 Å². The zero-order valence-corrected chi connectivity index (χ0v) is 50.3. The lowest BCUT2D eigenvalue weighted by Gasteiger charge is -2.11. The number of fused-ring (bicyclic) bond motifs is 3. The number of carboxylic acids is 1. The molecule has 19 nitrogen and oxygen atoms in total. The van der Waals surface area contributed by atoms with Crippen LogP contribution in [0.2, 0.25) is 0 Å². The Morgan fingerprint density at radius 2 is 0.739 bits per heavy atom. The summed E-state index contributed by atoms with van der Waals surface area (Å²) in [6.07, 6.45) is 18.0. The van der Waals surface area contributed by atoms with Gasteiger partial charge in [-0.1, -0.05) is 39.0 Å². The van der Waals surface area contributed by atoms with Crippen LogP contribution in [0.5, 0.6) is 0 Å². The van der Waals surface area contributed by atoms with Gasteiger partial charge in [-0.05, 0) is 166 Å². The molecule has 440 valence electrons. The molecule has 0 atom stereocenters. The standard InChI is InChI=1S/2C23H21N5O.C16H16N4.C7H7NO2/c2*1-4-21-25-13-18-10-17(12-26-22(18)28-21)20-11-19(6-5-14(20)2)27-23(29)16-7-8-24-15(3)9-16;1-3-15-18-9-12-6-11(8-19-16(12)20-15)14-7-13(17)5-4-10(14)2;1-5-4-6(7(9)10)2-3-8-5/h2*5-13H,4H2,1-3H3,(H,27,29);4-9H,3,17H2,1-2H3;2-4H,1H3,(H,9,10). The summed E-state index contributed by atoms with van der Waals surface area (Å²) in [6, 6.07) is 33.7. The number of nitrogen functional groups attached to an aromatic ring is 1. The van der Waals surface area contributed by atoms with Crippen LogP contribution in [-0.2, 0) is 19.3 Å². The molecule has 88 heavy (non-hydrogen) atoms. The number of hydrogen-bond donors (Lipinski definition) is 4. The van der Waals surface area contributed by atoms with Crippen LogP contribution in [0.15, 0.2) is 165 Å². The number of anilines is 3. The van der Waals surface area contributed by atoms with Crippen LogP contribution < -0.4 is 16.4 Å². The molecule has 0 aliphatic rings. The molecule has 0 radical (unpaired) electrons. The van der Waals surface area contributed by atoms with E-state index in [2.05, 4.69) is 83.4 Å². The average Bonchev–Trinajstić information content (AvgIpc) is 1.62. The van der Waals surface area contributed by atoms with Gasteiger partial charge in [0, 0.05) is 153 Å². The normalized spacial score (nSPS) is 10.7. The highest BCUT2D eigenvalue weighted by Crippen LogP contribution is 2.31. The molecule has 0 bridgehead atoms. The number of carbonyl (C=O) groups excluding carboxylic acids is 2. The molecule has 0 aliphatic carbocycles. The maximum absolute atomic E-state index is 12.6. The maximum Gasteiger partial charge on any atom is 0.335 e. The van der Waals surface area contributed by atoms with E-state index in [1.807, 2.05) is 152 Å². The van der Waals surface area contributed by atoms with Crippen molar-refractivity contribution in [1.29, 1.82) is 0 Å². The highest BCUT2D eigenvalue weighted by molar-refractivity contribution is 6.05. The van der Waals surface area contributed by atoms with Crippen LogP contribution >= 0.6 is 0 Å². The number of aromatic nitrogens is 12. The van der Waals surface area contributed by atoms with Gasteiger partial charge in [-0.25, -0.2) is 49.7 Å². The van der Waals surface area contributed by atoms with Crippen molar-refractivity contribution in [1.82, 2.24) is 59.8 Å². The lowest BCUT2D eigenvalue weighted by Crippen LogP contribution is -2.12. The Labute approximate surface area is 509 Å². The van der Waals surface area contributed by atoms with E-state index < -0.39 is 5.97 Å². The summed E-state index contributed by atoms with van der Waals surface area (Å²) < 4.78 is 0. The van der Waals surface area contributed by atoms with Crippen molar-refractivity contribution >= 4 is 67.9 Å². The summed E-state index contributed by atoms with van der Waals surface area (Å²) in [5.41, 5.74) is 23.4. The number of nitrogens with zero attached hydrogens (tertiary/aromatic N) is 12. The topological polar surface area (TPSA) is 276 Å². The summed E-state index contributed by atoms with van der Waals surface area (Å²) in [5.74, 6) is 1.14. The highest BCUT2D eigenvalue weighted by Gasteiger charge is 2.14. The van der Waals surface area contributed by atoms with Crippen molar-refractivity contribution in [2.75, 3.05) is 16.4 Å². The average molecular weight is 1170 g/mol. The maximum atomic E-state index is 12.6. The first-order chi connectivity index (χ1) is 42.4. The predicted molar refractivity (Wildman–Crippen MR) is 345 cm³/mol. The monoisotopic (exact) mass is 1170 g/mol. The fraction of sp³-hybridized carbons (Fsp3) is 0.174. The SMILES string of the molecule is CCc1ncc2cc(-c3cc(N)ccc3C)cnc2n1.CCc1ncc2cc(-c3cc(NC(=O)c4ccnc(C)c4)ccc3C)cnc2n1.CCc1ncc2cc(-c3cc(NC(=O)c4ccnc(C)c4)ccc3C)cnc2n1.Cc1cc(C(=O)O)ccn1. The highest BCUT2D eigenvalue weighted by atomic mass is 16.4. The number of benzene rings is 3. The minimum absolute atomic E-state index is 0.164. The van der Waals surface area contributed by atoms with Crippen molar-refractivity contribution in [2.24, 2.45) is 0 Å². The number of rotatable bonds is 11. The van der Waals surface area contributed by atoms with Gasteiger partial charge in [0.15, 0.2) is 16.9 Å². The van der Waals surface area contributed by atoms with E-state index in [0.717, 1.165) is 137 Å². The van der Waals surface area contributed by atoms with Crippen molar-refractivity contribution in [3.63, 3.8) is 0 Å². The molecule has 3 aromatic carbocycles. The summed E-state index contributed by atoms with van der Waals surface area (Å²) in [4.78, 5) is 87.5. The minimum Gasteiger partial charge on any atom is -0.478 e. The van der Waals surface area contributed by atoms with E-state index in [4.69, 9.17) is 10.8 Å². The molecule has 2 amide bonds. The molecule has 0 saturated carbocycles. The Balaban J connectivity index is 0.000000148. The molecule has 9 heterocycles. The third-order valence-electron chi connectivity index (χ3n) is 14.0. The van der Waals surface area contributed by atoms with Gasteiger partial charge in [-0.2, -0.15) is 0 Å². The third kappa shape index (κ3) is 15.6. The van der Waals surface area contributed by atoms with E-state index in [0.29, 0.717) is 22.4 Å². The molecular formula is C69H65N15O4. The largest absolute Gasteiger partial charge is 0.478 e. The van der Waals surface area contributed by atoms with Gasteiger partial charge < -0.3 is 21.5 Å². The number of aromatic carboxylic acids is 1. The Hall–Kier alpha value is -11.2. The molecule has 12 aromatic rings. The lowest BCUT2D eigenvalue weighted by atomic mass is 10.0. The second-order valence-electron chi connectivity index (χ2n) is 20.7. The van der Waals surface area contributed by atoms with Crippen LogP contribution in [0, 0.1) is 41.5 Å². The summed E-state index contributed by atoms with van der Waals surface area (Å²) in [5, 5.41) is 17.1. The Morgan fingerprint density at radius 1 is 0.398 bits per heavy atom. The molecule has 0 unspecified atom stereocenters. The van der Waals surface area contributed by atoms with Gasteiger partial charge in [0.2, 0.25) is 0 Å². The zero-order valence-electron chi connectivity index (χ0n) is 50.3.